The second-order valence-corrected chi connectivity index (χ2v) is 12.5. The molecule has 2 aromatic heterocycles. The van der Waals surface area contributed by atoms with E-state index in [2.05, 4.69) is 73.1 Å². The number of pyridine rings is 1. The van der Waals surface area contributed by atoms with Crippen molar-refractivity contribution in [2.75, 3.05) is 56.3 Å². The zero-order valence-electron chi connectivity index (χ0n) is 25.8. The monoisotopic (exact) mass is 574 g/mol. The van der Waals surface area contributed by atoms with Crippen LogP contribution < -0.4 is 19.9 Å². The Hall–Kier alpha value is -3.01. The summed E-state index contributed by atoms with van der Waals surface area (Å²) in [6, 6.07) is 11.1. The number of morpholine rings is 2. The lowest BCUT2D eigenvalue weighted by molar-refractivity contribution is -0.00570. The summed E-state index contributed by atoms with van der Waals surface area (Å²) in [5.41, 5.74) is 3.82. The average molecular weight is 575 g/mol. The van der Waals surface area contributed by atoms with Crippen LogP contribution in [0.4, 0.5) is 11.8 Å². The molecule has 1 aromatic carbocycles. The maximum absolute atomic E-state index is 5.99. The number of anilines is 2. The number of rotatable bonds is 7. The van der Waals surface area contributed by atoms with Gasteiger partial charge >= 0.3 is 0 Å². The third kappa shape index (κ3) is 6.19. The predicted octanol–water partition coefficient (Wildman–Crippen LogP) is 5.06. The maximum Gasteiger partial charge on any atom is 0.229 e. The number of hydrogen-bond donors (Lipinski definition) is 1. The van der Waals surface area contributed by atoms with Crippen LogP contribution in [0.5, 0.6) is 5.75 Å². The fourth-order valence-corrected chi connectivity index (χ4v) is 6.83. The van der Waals surface area contributed by atoms with Gasteiger partial charge in [0, 0.05) is 49.9 Å². The van der Waals surface area contributed by atoms with Crippen LogP contribution in [-0.4, -0.2) is 79.7 Å². The Morgan fingerprint density at radius 3 is 2.48 bits per heavy atom. The first-order valence-electron chi connectivity index (χ1n) is 15.7. The minimum absolute atomic E-state index is 0.116. The summed E-state index contributed by atoms with van der Waals surface area (Å²) in [6.07, 6.45) is 4.08. The van der Waals surface area contributed by atoms with E-state index in [0.717, 1.165) is 72.4 Å². The Morgan fingerprint density at radius 2 is 1.71 bits per heavy atom. The minimum atomic E-state index is 0.116. The molecule has 2 aliphatic heterocycles. The van der Waals surface area contributed by atoms with Gasteiger partial charge in [0.25, 0.3) is 0 Å². The van der Waals surface area contributed by atoms with Crippen LogP contribution in [-0.2, 0) is 16.0 Å². The first-order valence-corrected chi connectivity index (χ1v) is 15.7. The number of aromatic nitrogens is 3. The summed E-state index contributed by atoms with van der Waals surface area (Å²) < 4.78 is 17.4. The highest BCUT2D eigenvalue weighted by Gasteiger charge is 2.28. The Labute approximate surface area is 250 Å². The topological polar surface area (TPSA) is 84.9 Å². The van der Waals surface area contributed by atoms with E-state index in [1.165, 1.54) is 19.3 Å². The van der Waals surface area contributed by atoms with Crippen LogP contribution in [0.2, 0.25) is 0 Å². The highest BCUT2D eigenvalue weighted by atomic mass is 16.5. The highest BCUT2D eigenvalue weighted by molar-refractivity contribution is 5.90. The number of nitrogens with one attached hydrogen (secondary N) is 1. The molecule has 4 heterocycles. The van der Waals surface area contributed by atoms with Crippen molar-refractivity contribution < 1.29 is 14.2 Å². The lowest BCUT2D eigenvalue weighted by atomic mass is 9.78. The second kappa shape index (κ2) is 12.7. The van der Waals surface area contributed by atoms with Crippen LogP contribution in [0.15, 0.2) is 30.3 Å². The third-order valence-corrected chi connectivity index (χ3v) is 9.38. The largest absolute Gasteiger partial charge is 0.496 e. The van der Waals surface area contributed by atoms with E-state index in [0.29, 0.717) is 36.8 Å². The van der Waals surface area contributed by atoms with E-state index in [4.69, 9.17) is 29.2 Å². The van der Waals surface area contributed by atoms with Gasteiger partial charge < -0.3 is 29.3 Å². The molecule has 0 bridgehead atoms. The molecule has 1 N–H and O–H groups in total. The van der Waals surface area contributed by atoms with E-state index in [9.17, 15) is 0 Å². The average Bonchev–Trinajstić information content (AvgIpc) is 3.00. The van der Waals surface area contributed by atoms with Gasteiger partial charge in [0.15, 0.2) is 5.65 Å². The summed E-state index contributed by atoms with van der Waals surface area (Å²) >= 11 is 0. The number of hydrogen-bond acceptors (Lipinski definition) is 9. The Kier molecular flexibility index (Phi) is 8.79. The van der Waals surface area contributed by atoms with Gasteiger partial charge in [-0.1, -0.05) is 26.7 Å². The number of ether oxygens (including phenoxy) is 3. The lowest BCUT2D eigenvalue weighted by Gasteiger charge is -2.36. The molecule has 226 valence electrons. The van der Waals surface area contributed by atoms with Gasteiger partial charge in [0.2, 0.25) is 5.95 Å². The highest BCUT2D eigenvalue weighted by Crippen LogP contribution is 2.33. The molecule has 3 aromatic rings. The molecule has 1 aliphatic carbocycles. The van der Waals surface area contributed by atoms with Crippen molar-refractivity contribution in [3.63, 3.8) is 0 Å². The summed E-state index contributed by atoms with van der Waals surface area (Å²) in [7, 11) is 1.75. The van der Waals surface area contributed by atoms with E-state index >= 15 is 0 Å². The molecular weight excluding hydrogens is 528 g/mol. The van der Waals surface area contributed by atoms with Gasteiger partial charge in [0.1, 0.15) is 11.6 Å². The fourth-order valence-electron chi connectivity index (χ4n) is 6.83. The van der Waals surface area contributed by atoms with Crippen LogP contribution in [0.3, 0.4) is 0 Å². The van der Waals surface area contributed by atoms with E-state index in [1.54, 1.807) is 7.11 Å². The smallest absolute Gasteiger partial charge is 0.229 e. The fraction of sp³-hybridized carbons (Fsp3) is 0.606. The molecule has 5 unspecified atom stereocenters. The zero-order valence-corrected chi connectivity index (χ0v) is 25.8. The van der Waals surface area contributed by atoms with E-state index in [1.807, 2.05) is 0 Å². The molecule has 5 atom stereocenters. The normalized spacial score (nSPS) is 26.9. The summed E-state index contributed by atoms with van der Waals surface area (Å²) in [6.45, 7) is 14.2. The first kappa shape index (κ1) is 29.1. The van der Waals surface area contributed by atoms with Crippen LogP contribution in [0, 0.1) is 11.8 Å². The van der Waals surface area contributed by atoms with Crippen LogP contribution in [0.1, 0.15) is 52.5 Å². The van der Waals surface area contributed by atoms with Crippen molar-refractivity contribution in [1.82, 2.24) is 20.3 Å². The van der Waals surface area contributed by atoms with E-state index < -0.39 is 0 Å². The predicted molar refractivity (Wildman–Crippen MR) is 167 cm³/mol. The standard InChI is InChI=1S/C33H46N6O3/c1-21-7-6-8-28(24(21)4)34-18-26-17-25(9-12-30(26)40-5)29-11-10-27-31(35-29)36-33(39-19-22(2)42-23(3)20-39)37-32(27)38-13-15-41-16-14-38/h9-12,17,21-24,28,34H,6-8,13-16,18-20H2,1-5H3. The molecule has 0 amide bonds. The van der Waals surface area contributed by atoms with Crippen LogP contribution in [0.25, 0.3) is 22.3 Å². The van der Waals surface area contributed by atoms with Crippen molar-refractivity contribution >= 4 is 22.8 Å². The third-order valence-electron chi connectivity index (χ3n) is 9.38. The van der Waals surface area contributed by atoms with Gasteiger partial charge in [-0.3, -0.25) is 0 Å². The van der Waals surface area contributed by atoms with Crippen LogP contribution >= 0.6 is 0 Å². The van der Waals surface area contributed by atoms with Crippen molar-refractivity contribution in [2.24, 2.45) is 11.8 Å². The lowest BCUT2D eigenvalue weighted by Crippen LogP contribution is -2.46. The first-order chi connectivity index (χ1) is 20.4. The minimum Gasteiger partial charge on any atom is -0.496 e. The molecule has 9 heteroatoms. The number of fused-ring (bicyclic) bond motifs is 1. The molecule has 0 spiro atoms. The molecule has 42 heavy (non-hydrogen) atoms. The molecule has 9 nitrogen and oxygen atoms in total. The second-order valence-electron chi connectivity index (χ2n) is 12.5. The Bertz CT molecular complexity index is 1370. The molecule has 0 radical (unpaired) electrons. The van der Waals surface area contributed by atoms with Crippen molar-refractivity contribution in [3.05, 3.63) is 35.9 Å². The van der Waals surface area contributed by atoms with Crippen molar-refractivity contribution in [2.45, 2.75) is 71.8 Å². The Balaban J connectivity index is 1.34. The molecule has 3 fully saturated rings. The summed E-state index contributed by atoms with van der Waals surface area (Å²) in [4.78, 5) is 19.8. The van der Waals surface area contributed by atoms with Crippen molar-refractivity contribution in [3.8, 4) is 17.0 Å². The number of methoxy groups -OCH3 is 1. The summed E-state index contributed by atoms with van der Waals surface area (Å²) in [5.74, 6) is 3.97. The zero-order chi connectivity index (χ0) is 29.2. The molecule has 2 saturated heterocycles. The number of benzene rings is 1. The quantitative estimate of drug-likeness (QED) is 0.416. The molecule has 1 saturated carbocycles. The van der Waals surface area contributed by atoms with Gasteiger partial charge in [-0.05, 0) is 62.4 Å². The van der Waals surface area contributed by atoms with Crippen molar-refractivity contribution in [1.29, 1.82) is 0 Å². The van der Waals surface area contributed by atoms with E-state index in [-0.39, 0.29) is 12.2 Å². The van der Waals surface area contributed by atoms with Gasteiger partial charge in [-0.25, -0.2) is 4.98 Å². The summed E-state index contributed by atoms with van der Waals surface area (Å²) in [5, 5.41) is 4.81. The van der Waals surface area contributed by atoms with Gasteiger partial charge in [-0.2, -0.15) is 9.97 Å². The Morgan fingerprint density at radius 1 is 0.929 bits per heavy atom. The van der Waals surface area contributed by atoms with Gasteiger partial charge in [0.05, 0.1) is 43.6 Å². The molecule has 6 rings (SSSR count). The molecular formula is C33H46N6O3. The number of nitrogens with zero attached hydrogens (tertiary/aromatic N) is 5. The van der Waals surface area contributed by atoms with Gasteiger partial charge in [-0.15, -0.1) is 0 Å². The maximum atomic E-state index is 5.99. The SMILES string of the molecule is COc1ccc(-c2ccc3c(N4CCOCC4)nc(N4CC(C)OC(C)C4)nc3n2)cc1CNC1CCCC(C)C1C. The molecule has 3 aliphatic rings.